The van der Waals surface area contributed by atoms with Gasteiger partial charge in [0.05, 0.1) is 6.54 Å². The number of halogens is 2. The second kappa shape index (κ2) is 7.48. The molecule has 0 atom stereocenters. The monoisotopic (exact) mass is 349 g/mol. The number of rotatable bonds is 6. The number of hydrogen-bond acceptors (Lipinski definition) is 2. The van der Waals surface area contributed by atoms with Crippen molar-refractivity contribution in [2.24, 2.45) is 0 Å². The second-order valence-electron chi connectivity index (χ2n) is 5.11. The molecule has 0 amide bonds. The van der Waals surface area contributed by atoms with E-state index in [1.165, 1.54) is 12.1 Å². The van der Waals surface area contributed by atoms with Crippen molar-refractivity contribution in [1.82, 2.24) is 4.90 Å². The summed E-state index contributed by atoms with van der Waals surface area (Å²) in [5.74, 6) is -0.159. The van der Waals surface area contributed by atoms with Crippen molar-refractivity contribution in [3.05, 3.63) is 69.9 Å². The first-order valence-corrected chi connectivity index (χ1v) is 7.52. The molecular formula is C17H17BrFNO. The Labute approximate surface area is 132 Å². The molecule has 0 spiro atoms. The number of Topliss-reactive ketones (excluding diaryl/α,β-unsaturated/α-hetero) is 1. The summed E-state index contributed by atoms with van der Waals surface area (Å²) in [6, 6.07) is 14.0. The SMILES string of the molecule is CN(CC(=O)Cc1ccc(F)cc1)Cc1ccccc1Br. The lowest BCUT2D eigenvalue weighted by Crippen LogP contribution is -2.26. The molecule has 21 heavy (non-hydrogen) atoms. The molecule has 0 aliphatic rings. The van der Waals surface area contributed by atoms with Gasteiger partial charge < -0.3 is 0 Å². The summed E-state index contributed by atoms with van der Waals surface area (Å²) < 4.78 is 13.9. The average Bonchev–Trinajstić information content (AvgIpc) is 2.44. The first-order chi connectivity index (χ1) is 10.0. The molecule has 0 bridgehead atoms. The molecule has 2 nitrogen and oxygen atoms in total. The van der Waals surface area contributed by atoms with Gasteiger partial charge in [-0.2, -0.15) is 0 Å². The summed E-state index contributed by atoms with van der Waals surface area (Å²) in [4.78, 5) is 14.0. The lowest BCUT2D eigenvalue weighted by Gasteiger charge is -2.16. The quantitative estimate of drug-likeness (QED) is 0.789. The molecule has 0 aliphatic carbocycles. The third-order valence-corrected chi connectivity index (χ3v) is 3.93. The van der Waals surface area contributed by atoms with Gasteiger partial charge >= 0.3 is 0 Å². The van der Waals surface area contributed by atoms with E-state index in [1.807, 2.05) is 36.2 Å². The zero-order valence-electron chi connectivity index (χ0n) is 11.9. The topological polar surface area (TPSA) is 20.3 Å². The molecule has 0 aliphatic heterocycles. The Morgan fingerprint density at radius 3 is 2.48 bits per heavy atom. The standard InChI is InChI=1S/C17H17BrFNO/c1-20(11-14-4-2-3-5-17(14)18)12-16(21)10-13-6-8-15(19)9-7-13/h2-9H,10-12H2,1H3. The van der Waals surface area contributed by atoms with E-state index in [4.69, 9.17) is 0 Å². The fourth-order valence-electron chi connectivity index (χ4n) is 2.16. The van der Waals surface area contributed by atoms with Crippen LogP contribution in [-0.2, 0) is 17.8 Å². The largest absolute Gasteiger partial charge is 0.298 e. The Balaban J connectivity index is 1.87. The van der Waals surface area contributed by atoms with E-state index in [2.05, 4.69) is 15.9 Å². The van der Waals surface area contributed by atoms with E-state index in [1.54, 1.807) is 12.1 Å². The van der Waals surface area contributed by atoms with Gasteiger partial charge in [-0.25, -0.2) is 4.39 Å². The van der Waals surface area contributed by atoms with Crippen molar-refractivity contribution in [3.8, 4) is 0 Å². The summed E-state index contributed by atoms with van der Waals surface area (Å²) in [7, 11) is 1.92. The normalized spacial score (nSPS) is 10.9. The van der Waals surface area contributed by atoms with E-state index in [0.717, 1.165) is 15.6 Å². The Bertz CT molecular complexity index is 612. The number of carbonyl (C=O) groups is 1. The molecule has 2 aromatic rings. The van der Waals surface area contributed by atoms with Crippen LogP contribution in [0.15, 0.2) is 53.0 Å². The maximum absolute atomic E-state index is 12.8. The third-order valence-electron chi connectivity index (χ3n) is 3.16. The van der Waals surface area contributed by atoms with Crippen molar-refractivity contribution >= 4 is 21.7 Å². The molecule has 0 fully saturated rings. The number of likely N-dealkylation sites (N-methyl/N-ethyl adjacent to an activating group) is 1. The van der Waals surface area contributed by atoms with Gasteiger partial charge in [-0.05, 0) is 36.4 Å². The molecular weight excluding hydrogens is 333 g/mol. The first-order valence-electron chi connectivity index (χ1n) is 6.72. The minimum Gasteiger partial charge on any atom is -0.298 e. The summed E-state index contributed by atoms with van der Waals surface area (Å²) in [6.45, 7) is 1.08. The molecule has 4 heteroatoms. The molecule has 2 rings (SSSR count). The maximum atomic E-state index is 12.8. The molecule has 0 radical (unpaired) electrons. The van der Waals surface area contributed by atoms with Crippen LogP contribution in [0.5, 0.6) is 0 Å². The predicted octanol–water partition coefficient (Wildman–Crippen LogP) is 3.83. The number of carbonyl (C=O) groups excluding carboxylic acids is 1. The highest BCUT2D eigenvalue weighted by molar-refractivity contribution is 9.10. The van der Waals surface area contributed by atoms with Crippen LogP contribution in [0, 0.1) is 5.82 Å². The van der Waals surface area contributed by atoms with E-state index in [9.17, 15) is 9.18 Å². The van der Waals surface area contributed by atoms with Crippen LogP contribution in [0.1, 0.15) is 11.1 Å². The molecule has 0 aromatic heterocycles. The van der Waals surface area contributed by atoms with Crippen molar-refractivity contribution in [2.45, 2.75) is 13.0 Å². The number of benzene rings is 2. The van der Waals surface area contributed by atoms with Crippen molar-refractivity contribution in [2.75, 3.05) is 13.6 Å². The Kier molecular flexibility index (Phi) is 5.65. The van der Waals surface area contributed by atoms with E-state index < -0.39 is 0 Å². The Morgan fingerprint density at radius 1 is 1.14 bits per heavy atom. The number of ketones is 1. The lowest BCUT2D eigenvalue weighted by molar-refractivity contribution is -0.119. The fraction of sp³-hybridized carbons (Fsp3) is 0.235. The van der Waals surface area contributed by atoms with Gasteiger partial charge in [0.2, 0.25) is 0 Å². The van der Waals surface area contributed by atoms with Gasteiger partial charge in [0, 0.05) is 17.4 Å². The van der Waals surface area contributed by atoms with Crippen LogP contribution in [0.4, 0.5) is 4.39 Å². The van der Waals surface area contributed by atoms with Gasteiger partial charge in [0.15, 0.2) is 5.78 Å². The van der Waals surface area contributed by atoms with Gasteiger partial charge in [0.25, 0.3) is 0 Å². The van der Waals surface area contributed by atoms with Crippen LogP contribution in [0.25, 0.3) is 0 Å². The van der Waals surface area contributed by atoms with Gasteiger partial charge in [-0.3, -0.25) is 9.69 Å². The van der Waals surface area contributed by atoms with E-state index in [0.29, 0.717) is 19.5 Å². The molecule has 0 heterocycles. The molecule has 0 N–H and O–H groups in total. The third kappa shape index (κ3) is 5.06. The minimum atomic E-state index is -0.280. The maximum Gasteiger partial charge on any atom is 0.151 e. The Hall–Kier alpha value is -1.52. The molecule has 0 saturated carbocycles. The highest BCUT2D eigenvalue weighted by Crippen LogP contribution is 2.17. The average molecular weight is 350 g/mol. The van der Waals surface area contributed by atoms with Crippen LogP contribution in [0.2, 0.25) is 0 Å². The van der Waals surface area contributed by atoms with Crippen molar-refractivity contribution < 1.29 is 9.18 Å². The molecule has 0 saturated heterocycles. The van der Waals surface area contributed by atoms with E-state index in [-0.39, 0.29) is 11.6 Å². The predicted molar refractivity (Wildman–Crippen MR) is 85.6 cm³/mol. The number of hydrogen-bond donors (Lipinski definition) is 0. The summed E-state index contributed by atoms with van der Waals surface area (Å²) in [5.41, 5.74) is 1.99. The second-order valence-corrected chi connectivity index (χ2v) is 5.96. The lowest BCUT2D eigenvalue weighted by atomic mass is 10.1. The summed E-state index contributed by atoms with van der Waals surface area (Å²) >= 11 is 3.50. The van der Waals surface area contributed by atoms with Crippen LogP contribution >= 0.6 is 15.9 Å². The zero-order valence-corrected chi connectivity index (χ0v) is 13.4. The van der Waals surface area contributed by atoms with Crippen molar-refractivity contribution in [3.63, 3.8) is 0 Å². The molecule has 2 aromatic carbocycles. The smallest absolute Gasteiger partial charge is 0.151 e. The van der Waals surface area contributed by atoms with Crippen LogP contribution in [0.3, 0.4) is 0 Å². The molecule has 110 valence electrons. The fourth-order valence-corrected chi connectivity index (χ4v) is 2.57. The molecule has 0 unspecified atom stereocenters. The van der Waals surface area contributed by atoms with E-state index >= 15 is 0 Å². The minimum absolute atomic E-state index is 0.121. The summed E-state index contributed by atoms with van der Waals surface area (Å²) in [5, 5.41) is 0. The van der Waals surface area contributed by atoms with Crippen molar-refractivity contribution in [1.29, 1.82) is 0 Å². The Morgan fingerprint density at radius 2 is 1.81 bits per heavy atom. The van der Waals surface area contributed by atoms with Gasteiger partial charge in [-0.15, -0.1) is 0 Å². The first kappa shape index (κ1) is 15.9. The van der Waals surface area contributed by atoms with Crippen LogP contribution < -0.4 is 0 Å². The summed E-state index contributed by atoms with van der Waals surface area (Å²) in [6.07, 6.45) is 0.334. The highest BCUT2D eigenvalue weighted by atomic mass is 79.9. The number of nitrogens with zero attached hydrogens (tertiary/aromatic N) is 1. The zero-order chi connectivity index (χ0) is 15.2. The van der Waals surface area contributed by atoms with Gasteiger partial charge in [0.1, 0.15) is 5.82 Å². The highest BCUT2D eigenvalue weighted by Gasteiger charge is 2.09. The van der Waals surface area contributed by atoms with Gasteiger partial charge in [-0.1, -0.05) is 46.3 Å². The van der Waals surface area contributed by atoms with Crippen LogP contribution in [-0.4, -0.2) is 24.3 Å².